The molecule has 9 nitrogen and oxygen atoms in total. The summed E-state index contributed by atoms with van der Waals surface area (Å²) in [5.74, 6) is -4.74. The van der Waals surface area contributed by atoms with E-state index in [9.17, 15) is 14.4 Å². The summed E-state index contributed by atoms with van der Waals surface area (Å²) in [7, 11) is 2.56. The molecule has 31 heavy (non-hydrogen) atoms. The number of ketones is 1. The van der Waals surface area contributed by atoms with Crippen LogP contribution in [0.1, 0.15) is 31.7 Å². The van der Waals surface area contributed by atoms with Gasteiger partial charge in [0.05, 0.1) is 42.3 Å². The van der Waals surface area contributed by atoms with Crippen molar-refractivity contribution in [1.82, 2.24) is 19.8 Å². The van der Waals surface area contributed by atoms with Gasteiger partial charge in [-0.15, -0.1) is 0 Å². The van der Waals surface area contributed by atoms with Crippen molar-refractivity contribution in [3.8, 4) is 11.6 Å². The number of piperazine rings is 1. The number of nitrogens with one attached hydrogen (secondary N) is 1. The van der Waals surface area contributed by atoms with Crippen LogP contribution in [-0.2, 0) is 4.79 Å². The van der Waals surface area contributed by atoms with Crippen molar-refractivity contribution < 1.29 is 34.8 Å². The largest absolute Gasteiger partial charge is 0.494 e. The van der Waals surface area contributed by atoms with Crippen molar-refractivity contribution >= 4 is 28.5 Å². The topological polar surface area (TPSA) is 105 Å². The SMILES string of the molecule is [2H]C1([2H])N(C(=O)C(=O)c2c[nH]c3c(OC)ncc(OC)c23)C([2H])([2H])C([2H])([2H])N(C(=O)c2ccccc2)C1([2H])[2H]. The molecule has 2 aromatic heterocycles. The number of rotatable bonds is 5. The molecule has 0 unspecified atom stereocenters. The first-order chi connectivity index (χ1) is 18.1. The number of pyridine rings is 1. The number of benzene rings is 1. The Morgan fingerprint density at radius 3 is 2.35 bits per heavy atom. The fraction of sp³-hybridized carbons (Fsp3) is 0.273. The molecular formula is C22H22N4O5. The van der Waals surface area contributed by atoms with Crippen LogP contribution in [0.5, 0.6) is 11.6 Å². The monoisotopic (exact) mass is 430 g/mol. The highest BCUT2D eigenvalue weighted by Crippen LogP contribution is 2.33. The van der Waals surface area contributed by atoms with E-state index in [0.717, 1.165) is 6.20 Å². The molecule has 1 saturated heterocycles. The van der Waals surface area contributed by atoms with Gasteiger partial charge in [-0.05, 0) is 12.1 Å². The van der Waals surface area contributed by atoms with E-state index in [0.29, 0.717) is 0 Å². The van der Waals surface area contributed by atoms with Gasteiger partial charge in [-0.3, -0.25) is 14.4 Å². The molecule has 1 fully saturated rings. The molecule has 4 rings (SSSR count). The van der Waals surface area contributed by atoms with Crippen molar-refractivity contribution in [2.24, 2.45) is 0 Å². The van der Waals surface area contributed by atoms with Crippen molar-refractivity contribution in [3.05, 3.63) is 53.9 Å². The van der Waals surface area contributed by atoms with Gasteiger partial charge in [0.25, 0.3) is 17.6 Å². The number of ether oxygens (including phenoxy) is 2. The molecule has 9 heteroatoms. The van der Waals surface area contributed by atoms with Gasteiger partial charge in [0.2, 0.25) is 5.88 Å². The number of nitrogens with zero attached hydrogens (tertiary/aromatic N) is 3. The number of methoxy groups -OCH3 is 2. The molecule has 2 amide bonds. The average Bonchev–Trinajstić information content (AvgIpc) is 3.32. The Morgan fingerprint density at radius 1 is 1.03 bits per heavy atom. The zero-order valence-electron chi connectivity index (χ0n) is 24.4. The van der Waals surface area contributed by atoms with Gasteiger partial charge in [-0.2, -0.15) is 0 Å². The van der Waals surface area contributed by atoms with Gasteiger partial charge < -0.3 is 24.3 Å². The summed E-state index contributed by atoms with van der Waals surface area (Å²) in [6.45, 7) is -14.7. The Labute approximate surface area is 189 Å². The molecule has 0 aliphatic carbocycles. The molecule has 0 bridgehead atoms. The highest BCUT2D eigenvalue weighted by Gasteiger charge is 2.31. The molecule has 0 saturated carbocycles. The second-order valence-electron chi connectivity index (χ2n) is 6.21. The number of carbonyl (C=O) groups is 3. The molecule has 0 atom stereocenters. The van der Waals surface area contributed by atoms with Crippen LogP contribution >= 0.6 is 0 Å². The first-order valence-corrected chi connectivity index (χ1v) is 8.94. The molecule has 160 valence electrons. The molecule has 1 aromatic carbocycles. The zero-order valence-corrected chi connectivity index (χ0v) is 16.4. The first-order valence-electron chi connectivity index (χ1n) is 12.9. The molecule has 3 aromatic rings. The van der Waals surface area contributed by atoms with Crippen LogP contribution in [0, 0.1) is 0 Å². The van der Waals surface area contributed by atoms with Gasteiger partial charge in [-0.25, -0.2) is 4.98 Å². The van der Waals surface area contributed by atoms with Crippen molar-refractivity contribution in [3.63, 3.8) is 0 Å². The van der Waals surface area contributed by atoms with Gasteiger partial charge in [0, 0.05) is 37.7 Å². The van der Waals surface area contributed by atoms with Crippen LogP contribution in [-0.4, -0.2) is 77.6 Å². The van der Waals surface area contributed by atoms with Crippen LogP contribution < -0.4 is 9.47 Å². The van der Waals surface area contributed by atoms with Gasteiger partial charge in [-0.1, -0.05) is 18.2 Å². The Bertz CT molecular complexity index is 1450. The molecule has 1 aliphatic heterocycles. The summed E-state index contributed by atoms with van der Waals surface area (Å²) >= 11 is 0. The summed E-state index contributed by atoms with van der Waals surface area (Å²) < 4.78 is 77.8. The van der Waals surface area contributed by atoms with Crippen LogP contribution in [0.4, 0.5) is 0 Å². The summed E-state index contributed by atoms with van der Waals surface area (Å²) in [6.07, 6.45) is 2.25. The van der Waals surface area contributed by atoms with Crippen LogP contribution in [0.2, 0.25) is 0 Å². The second kappa shape index (κ2) is 8.47. The lowest BCUT2D eigenvalue weighted by atomic mass is 10.1. The van der Waals surface area contributed by atoms with Crippen molar-refractivity contribution in [1.29, 1.82) is 0 Å². The summed E-state index contributed by atoms with van der Waals surface area (Å²) in [6, 6.07) is 6.77. The van der Waals surface area contributed by atoms with Crippen LogP contribution in [0.15, 0.2) is 42.7 Å². The van der Waals surface area contributed by atoms with E-state index < -0.39 is 54.0 Å². The maximum absolute atomic E-state index is 13.5. The van der Waals surface area contributed by atoms with E-state index in [1.165, 1.54) is 50.7 Å². The predicted molar refractivity (Wildman–Crippen MR) is 112 cm³/mol. The average molecular weight is 430 g/mol. The number of hydrogen-bond donors (Lipinski definition) is 1. The smallest absolute Gasteiger partial charge is 0.295 e. The fourth-order valence-electron chi connectivity index (χ4n) is 2.97. The molecule has 0 spiro atoms. The third-order valence-corrected chi connectivity index (χ3v) is 4.47. The maximum Gasteiger partial charge on any atom is 0.295 e. The molecule has 0 radical (unpaired) electrons. The van der Waals surface area contributed by atoms with E-state index in [4.69, 9.17) is 20.4 Å². The lowest BCUT2D eigenvalue weighted by Gasteiger charge is -2.34. The lowest BCUT2D eigenvalue weighted by Crippen LogP contribution is -2.52. The number of H-pyrrole nitrogens is 1. The Balaban J connectivity index is 1.85. The number of amides is 2. The number of aromatic amines is 1. The van der Waals surface area contributed by atoms with Crippen LogP contribution in [0.25, 0.3) is 10.9 Å². The summed E-state index contributed by atoms with van der Waals surface area (Å²) in [5.41, 5.74) is -0.535. The standard InChI is InChI=1S/C22H22N4O5/c1-30-16-13-24-20(31-2)18-17(16)15(12-23-18)19(27)22(29)26-10-8-25(9-11-26)21(28)14-6-4-3-5-7-14/h3-7,12-13,23H,8-11H2,1-2H3/i8D2,9D2,10D2,11D2. The van der Waals surface area contributed by atoms with Gasteiger partial charge >= 0.3 is 0 Å². The quantitative estimate of drug-likeness (QED) is 0.488. The Morgan fingerprint density at radius 2 is 1.71 bits per heavy atom. The zero-order chi connectivity index (χ0) is 29.1. The number of hydrogen-bond acceptors (Lipinski definition) is 6. The Kier molecular flexibility index (Phi) is 3.48. The van der Waals surface area contributed by atoms with Crippen LogP contribution in [0.3, 0.4) is 0 Å². The minimum Gasteiger partial charge on any atom is -0.494 e. The normalized spacial score (nSPS) is 24.2. The second-order valence-corrected chi connectivity index (χ2v) is 6.21. The molecule has 3 heterocycles. The van der Waals surface area contributed by atoms with Crippen molar-refractivity contribution in [2.75, 3.05) is 40.2 Å². The first kappa shape index (κ1) is 12.7. The van der Waals surface area contributed by atoms with E-state index in [1.54, 1.807) is 0 Å². The molecule has 1 N–H and O–H groups in total. The number of fused-ring (bicyclic) bond motifs is 1. The van der Waals surface area contributed by atoms with E-state index in [-0.39, 0.29) is 33.0 Å². The van der Waals surface area contributed by atoms with Gasteiger partial charge in [0.15, 0.2) is 0 Å². The third-order valence-electron chi connectivity index (χ3n) is 4.47. The summed E-state index contributed by atoms with van der Waals surface area (Å²) in [4.78, 5) is 46.2. The number of carbonyl (C=O) groups excluding carboxylic acids is 3. The summed E-state index contributed by atoms with van der Waals surface area (Å²) in [5, 5.41) is -0.00673. The number of Topliss-reactive ketones (excluding diaryl/α,β-unsaturated/α-hetero) is 1. The molecular weight excluding hydrogens is 400 g/mol. The van der Waals surface area contributed by atoms with Gasteiger partial charge in [0.1, 0.15) is 11.3 Å². The van der Waals surface area contributed by atoms with Crippen molar-refractivity contribution in [2.45, 2.75) is 0 Å². The van der Waals surface area contributed by atoms with E-state index in [1.807, 2.05) is 0 Å². The highest BCUT2D eigenvalue weighted by molar-refractivity contribution is 6.45. The number of aromatic nitrogens is 2. The minimum absolute atomic E-state index is 0.00673. The van der Waals surface area contributed by atoms with E-state index >= 15 is 0 Å². The Hall–Kier alpha value is -3.88. The maximum atomic E-state index is 13.5. The lowest BCUT2D eigenvalue weighted by molar-refractivity contribution is -0.127. The minimum atomic E-state index is -3.73. The predicted octanol–water partition coefficient (Wildman–Crippen LogP) is 1.75. The van der Waals surface area contributed by atoms with E-state index in [2.05, 4.69) is 9.97 Å². The molecule has 1 aliphatic rings. The highest BCUT2D eigenvalue weighted by atomic mass is 16.5. The fourth-order valence-corrected chi connectivity index (χ4v) is 2.97. The third kappa shape index (κ3) is 3.70.